The molecule has 10 nitrogen and oxygen atoms in total. The summed E-state index contributed by atoms with van der Waals surface area (Å²) < 4.78 is 29.4. The molecule has 2 aromatic carbocycles. The Morgan fingerprint density at radius 1 is 1.11 bits per heavy atom. The molecule has 5 aromatic rings. The minimum absolute atomic E-state index is 0.0214. The van der Waals surface area contributed by atoms with E-state index in [1.54, 1.807) is 36.5 Å². The van der Waals surface area contributed by atoms with E-state index < -0.39 is 16.3 Å². The van der Waals surface area contributed by atoms with Crippen molar-refractivity contribution in [3.8, 4) is 11.8 Å². The molecule has 224 valence electrons. The van der Waals surface area contributed by atoms with Crippen LogP contribution in [0.2, 0.25) is 5.02 Å². The molecule has 6 rings (SSSR count). The van der Waals surface area contributed by atoms with E-state index in [-0.39, 0.29) is 23.6 Å². The highest BCUT2D eigenvalue weighted by Crippen LogP contribution is 2.33. The first kappa shape index (κ1) is 29.9. The number of thiol groups is 1. The van der Waals surface area contributed by atoms with Gasteiger partial charge in [-0.25, -0.2) is 13.4 Å². The number of rotatable bonds is 7. The molecule has 1 N–H and O–H groups in total. The van der Waals surface area contributed by atoms with Crippen molar-refractivity contribution in [3.05, 3.63) is 110 Å². The van der Waals surface area contributed by atoms with Crippen LogP contribution in [0.3, 0.4) is 0 Å². The maximum atomic E-state index is 13.8. The lowest BCUT2D eigenvalue weighted by Gasteiger charge is -2.29. The van der Waals surface area contributed by atoms with Crippen LogP contribution in [-0.2, 0) is 23.0 Å². The Morgan fingerprint density at radius 3 is 2.66 bits per heavy atom. The molecule has 1 aliphatic rings. The first-order valence-corrected chi connectivity index (χ1v) is 16.5. The summed E-state index contributed by atoms with van der Waals surface area (Å²) >= 11 is 7.95. The van der Waals surface area contributed by atoms with Gasteiger partial charge in [0, 0.05) is 57.5 Å². The van der Waals surface area contributed by atoms with Crippen LogP contribution in [0.5, 0.6) is 0 Å². The number of halogens is 1. The predicted octanol–water partition coefficient (Wildman–Crippen LogP) is 4.46. The van der Waals surface area contributed by atoms with Gasteiger partial charge in [0.1, 0.15) is 22.1 Å². The van der Waals surface area contributed by atoms with Crippen molar-refractivity contribution >= 4 is 56.7 Å². The zero-order chi connectivity index (χ0) is 30.6. The van der Waals surface area contributed by atoms with E-state index in [9.17, 15) is 13.2 Å². The quantitative estimate of drug-likeness (QED) is 0.194. The third kappa shape index (κ3) is 6.97. The summed E-state index contributed by atoms with van der Waals surface area (Å²) in [5, 5.41) is 8.59. The van der Waals surface area contributed by atoms with Gasteiger partial charge < -0.3 is 14.7 Å². The van der Waals surface area contributed by atoms with Crippen molar-refractivity contribution in [2.45, 2.75) is 17.5 Å². The number of aromatic nitrogens is 4. The monoisotopic (exact) mass is 646 g/mol. The predicted molar refractivity (Wildman–Crippen MR) is 173 cm³/mol. The first-order valence-electron chi connectivity index (χ1n) is 13.7. The number of anilines is 2. The van der Waals surface area contributed by atoms with Crippen LogP contribution in [0, 0.1) is 11.8 Å². The number of hydrogen-bond acceptors (Lipinski definition) is 10. The fourth-order valence-corrected chi connectivity index (χ4v) is 6.88. The number of nitrogens with zero attached hydrogens (tertiary/aromatic N) is 5. The Hall–Kier alpha value is -4.15. The molecule has 0 bridgehead atoms. The molecular weight excluding hydrogens is 620 g/mol. The van der Waals surface area contributed by atoms with E-state index in [1.807, 2.05) is 23.9 Å². The minimum atomic E-state index is -2.76. The van der Waals surface area contributed by atoms with Gasteiger partial charge in [0.2, 0.25) is 5.95 Å². The zero-order valence-electron chi connectivity index (χ0n) is 23.6. The summed E-state index contributed by atoms with van der Waals surface area (Å²) in [5.41, 5.74) is 3.39. The van der Waals surface area contributed by atoms with Crippen LogP contribution in [0.15, 0.2) is 76.3 Å². The second-order valence-corrected chi connectivity index (χ2v) is 13.0. The van der Waals surface area contributed by atoms with Gasteiger partial charge in [-0.2, -0.15) is 16.7 Å². The number of thioether (sulfide) groups is 1. The van der Waals surface area contributed by atoms with E-state index in [4.69, 9.17) is 21.1 Å². The lowest BCUT2D eigenvalue weighted by molar-refractivity contribution is 0.347. The molecule has 1 atom stereocenters. The van der Waals surface area contributed by atoms with Crippen molar-refractivity contribution in [1.82, 2.24) is 24.6 Å². The van der Waals surface area contributed by atoms with Crippen molar-refractivity contribution in [1.29, 1.82) is 0 Å². The highest BCUT2D eigenvalue weighted by atomic mass is 35.5. The lowest BCUT2D eigenvalue weighted by atomic mass is 10.1. The highest BCUT2D eigenvalue weighted by molar-refractivity contribution is 7.99. The van der Waals surface area contributed by atoms with Crippen LogP contribution in [0.4, 0.5) is 11.6 Å². The van der Waals surface area contributed by atoms with E-state index in [0.29, 0.717) is 38.4 Å². The van der Waals surface area contributed by atoms with Crippen LogP contribution < -0.4 is 10.9 Å². The van der Waals surface area contributed by atoms with Crippen molar-refractivity contribution in [3.63, 3.8) is 0 Å². The van der Waals surface area contributed by atoms with E-state index in [1.165, 1.54) is 16.3 Å². The van der Waals surface area contributed by atoms with Gasteiger partial charge in [-0.3, -0.25) is 9.36 Å². The summed E-state index contributed by atoms with van der Waals surface area (Å²) in [6.07, 6.45) is 3.03. The van der Waals surface area contributed by atoms with Gasteiger partial charge in [-0.05, 0) is 55.1 Å². The largest absolute Gasteiger partial charge is 0.360 e. The van der Waals surface area contributed by atoms with E-state index in [2.05, 4.69) is 51.4 Å². The maximum absolute atomic E-state index is 13.8. The van der Waals surface area contributed by atoms with Crippen molar-refractivity contribution < 1.29 is 12.9 Å². The minimum Gasteiger partial charge on any atom is -0.360 e. The van der Waals surface area contributed by atoms with E-state index >= 15 is 0 Å². The van der Waals surface area contributed by atoms with Gasteiger partial charge in [0.25, 0.3) is 5.56 Å². The first-order chi connectivity index (χ1) is 21.3. The number of pyridine rings is 1. The van der Waals surface area contributed by atoms with Crippen molar-refractivity contribution in [2.75, 3.05) is 31.2 Å². The molecule has 1 unspecified atom stereocenters. The molecule has 0 amide bonds. The van der Waals surface area contributed by atoms with Crippen LogP contribution >= 0.6 is 23.4 Å². The Morgan fingerprint density at radius 2 is 1.91 bits per heavy atom. The van der Waals surface area contributed by atoms with Gasteiger partial charge in [0.15, 0.2) is 5.76 Å². The van der Waals surface area contributed by atoms with E-state index in [0.717, 1.165) is 24.5 Å². The van der Waals surface area contributed by atoms with Crippen LogP contribution in [-0.4, -0.2) is 58.9 Å². The lowest BCUT2D eigenvalue weighted by Crippen LogP contribution is -2.30. The smallest absolute Gasteiger partial charge is 0.268 e. The summed E-state index contributed by atoms with van der Waals surface area (Å²) in [7, 11) is -0.617. The third-order valence-corrected chi connectivity index (χ3v) is 9.19. The van der Waals surface area contributed by atoms with Gasteiger partial charge in [0.05, 0.1) is 18.3 Å². The van der Waals surface area contributed by atoms with Crippen LogP contribution in [0.25, 0.3) is 11.0 Å². The standard InChI is InChI=1S/C31H27ClN6O4S2/c1-37-12-13-43-28(18-37)21-6-10-26(11-7-21)35-31-33-15-23-14-22(5-2-20-3-8-25(32)9-4-20)30(39)38(29(23)36-31)17-24-16-34-42-27(24)19-44(40)41/h3-4,6-11,14-16,28,44H,12-13,17-19H2,1H3,(H,33,35,36). The second kappa shape index (κ2) is 13.2. The van der Waals surface area contributed by atoms with Gasteiger partial charge >= 0.3 is 0 Å². The third-order valence-electron chi connectivity index (χ3n) is 7.15. The molecule has 1 saturated heterocycles. The number of fused-ring (bicyclic) bond motifs is 1. The number of likely N-dealkylation sites (N-methyl/N-ethyl adjacent to an activating group) is 1. The average molecular weight is 647 g/mol. The second-order valence-electron chi connectivity index (χ2n) is 10.3. The van der Waals surface area contributed by atoms with Gasteiger partial charge in [-0.1, -0.05) is 40.7 Å². The molecule has 0 saturated carbocycles. The normalized spacial score (nSPS) is 15.3. The number of benzene rings is 2. The average Bonchev–Trinajstić information content (AvgIpc) is 3.44. The molecule has 13 heteroatoms. The Labute approximate surface area is 264 Å². The fourth-order valence-electron chi connectivity index (χ4n) is 4.85. The summed E-state index contributed by atoms with van der Waals surface area (Å²) in [5.74, 6) is 7.20. The maximum Gasteiger partial charge on any atom is 0.268 e. The van der Waals surface area contributed by atoms with Crippen molar-refractivity contribution in [2.24, 2.45) is 0 Å². The van der Waals surface area contributed by atoms with Gasteiger partial charge in [-0.15, -0.1) is 0 Å². The Balaban J connectivity index is 1.36. The SMILES string of the molecule is CN1CCSC(c2ccc(Nc3ncc4cc(C#Cc5ccc(Cl)cc5)c(=O)n(Cc5cnoc5C[SH](=O)=O)c4n3)cc2)C1. The molecule has 3 aromatic heterocycles. The molecule has 0 spiro atoms. The summed E-state index contributed by atoms with van der Waals surface area (Å²) in [6, 6.07) is 16.8. The highest BCUT2D eigenvalue weighted by Gasteiger charge is 2.20. The molecule has 4 heterocycles. The number of hydrogen-bond donors (Lipinski definition) is 2. The molecule has 44 heavy (non-hydrogen) atoms. The summed E-state index contributed by atoms with van der Waals surface area (Å²) in [4.78, 5) is 25.3. The molecule has 0 radical (unpaired) electrons. The molecular formula is C31H27ClN6O4S2. The van der Waals surface area contributed by atoms with Crippen LogP contribution in [0.1, 0.15) is 33.3 Å². The molecule has 1 fully saturated rings. The Kier molecular flexibility index (Phi) is 8.99. The molecule has 0 aliphatic carbocycles. The zero-order valence-corrected chi connectivity index (χ0v) is 26.0. The topological polar surface area (TPSA) is 123 Å². The number of nitrogens with one attached hydrogen (secondary N) is 1. The fraction of sp³-hybridized carbons (Fsp3) is 0.226. The molecule has 1 aliphatic heterocycles. The Bertz CT molecular complexity index is 2010. The summed E-state index contributed by atoms with van der Waals surface area (Å²) in [6.45, 7) is 2.08.